The molecule has 0 radical (unpaired) electrons. The first-order valence-corrected chi connectivity index (χ1v) is 6.00. The molecule has 1 heterocycles. The van der Waals surface area contributed by atoms with Gasteiger partial charge in [-0.05, 0) is 18.1 Å². The Labute approximate surface area is 110 Å². The molecule has 0 bridgehead atoms. The van der Waals surface area contributed by atoms with Gasteiger partial charge in [0.25, 0.3) is 0 Å². The molecule has 0 fully saturated rings. The number of tetrazole rings is 1. The van der Waals surface area contributed by atoms with Crippen molar-refractivity contribution in [3.63, 3.8) is 0 Å². The highest BCUT2D eigenvalue weighted by Gasteiger charge is 2.14. The number of amides is 1. The largest absolute Gasteiger partial charge is 0.346 e. The molecule has 0 saturated carbocycles. The minimum absolute atomic E-state index is 0.0989. The number of rotatable bonds is 5. The number of aromatic nitrogens is 4. The Balaban J connectivity index is 1.98. The SMILES string of the molecule is CC(NC(=O)Cc1ccccc1CN)c1nn[nH]n1. The summed E-state index contributed by atoms with van der Waals surface area (Å²) in [5.74, 6) is 0.360. The monoisotopic (exact) mass is 260 g/mol. The molecular weight excluding hydrogens is 244 g/mol. The predicted octanol–water partition coefficient (Wildman–Crippen LogP) is 0.0783. The average Bonchev–Trinajstić information content (AvgIpc) is 2.93. The highest BCUT2D eigenvalue weighted by atomic mass is 16.1. The maximum absolute atomic E-state index is 11.9. The molecule has 7 nitrogen and oxygen atoms in total. The highest BCUT2D eigenvalue weighted by molar-refractivity contribution is 5.79. The summed E-state index contributed by atoms with van der Waals surface area (Å²) in [6.07, 6.45) is 0.287. The fraction of sp³-hybridized carbons (Fsp3) is 0.333. The number of nitrogens with one attached hydrogen (secondary N) is 2. The third kappa shape index (κ3) is 3.35. The van der Waals surface area contributed by atoms with Gasteiger partial charge in [-0.3, -0.25) is 4.79 Å². The van der Waals surface area contributed by atoms with Crippen LogP contribution in [0.25, 0.3) is 0 Å². The lowest BCUT2D eigenvalue weighted by atomic mass is 10.0. The van der Waals surface area contributed by atoms with E-state index in [9.17, 15) is 4.79 Å². The van der Waals surface area contributed by atoms with E-state index >= 15 is 0 Å². The van der Waals surface area contributed by atoms with E-state index in [1.54, 1.807) is 6.92 Å². The van der Waals surface area contributed by atoms with Crippen LogP contribution < -0.4 is 11.1 Å². The van der Waals surface area contributed by atoms with Crippen LogP contribution in [0.1, 0.15) is 29.9 Å². The molecule has 1 aromatic carbocycles. The van der Waals surface area contributed by atoms with Crippen molar-refractivity contribution >= 4 is 5.91 Å². The third-order valence-corrected chi connectivity index (χ3v) is 2.82. The summed E-state index contributed by atoms with van der Waals surface area (Å²) < 4.78 is 0. The molecule has 0 spiro atoms. The van der Waals surface area contributed by atoms with E-state index < -0.39 is 0 Å². The molecule has 100 valence electrons. The first-order chi connectivity index (χ1) is 9.20. The van der Waals surface area contributed by atoms with E-state index in [1.165, 1.54) is 0 Å². The maximum Gasteiger partial charge on any atom is 0.225 e. The van der Waals surface area contributed by atoms with Crippen molar-refractivity contribution in [2.75, 3.05) is 0 Å². The Morgan fingerprint density at radius 1 is 1.42 bits per heavy atom. The molecule has 19 heavy (non-hydrogen) atoms. The van der Waals surface area contributed by atoms with Gasteiger partial charge in [0.15, 0.2) is 5.82 Å². The zero-order valence-corrected chi connectivity index (χ0v) is 10.6. The summed E-state index contributed by atoms with van der Waals surface area (Å²) in [7, 11) is 0. The van der Waals surface area contributed by atoms with Crippen LogP contribution in [0.4, 0.5) is 0 Å². The fourth-order valence-corrected chi connectivity index (χ4v) is 1.81. The average molecular weight is 260 g/mol. The molecule has 1 atom stereocenters. The van der Waals surface area contributed by atoms with Crippen molar-refractivity contribution in [3.05, 3.63) is 41.2 Å². The van der Waals surface area contributed by atoms with Crippen LogP contribution in [0.15, 0.2) is 24.3 Å². The Morgan fingerprint density at radius 3 is 2.79 bits per heavy atom. The first kappa shape index (κ1) is 13.2. The van der Waals surface area contributed by atoms with Gasteiger partial charge in [0.05, 0.1) is 12.5 Å². The van der Waals surface area contributed by atoms with E-state index in [4.69, 9.17) is 5.73 Å². The molecule has 2 aromatic rings. The van der Waals surface area contributed by atoms with Gasteiger partial charge in [0.1, 0.15) is 0 Å². The summed E-state index contributed by atoms with van der Waals surface area (Å²) in [5.41, 5.74) is 7.55. The third-order valence-electron chi connectivity index (χ3n) is 2.82. The molecule has 0 aliphatic rings. The number of carbonyl (C=O) groups is 1. The van der Waals surface area contributed by atoms with Crippen LogP contribution in [-0.2, 0) is 17.8 Å². The van der Waals surface area contributed by atoms with E-state index in [0.717, 1.165) is 11.1 Å². The van der Waals surface area contributed by atoms with Crippen LogP contribution in [0, 0.1) is 0 Å². The van der Waals surface area contributed by atoms with E-state index in [0.29, 0.717) is 12.4 Å². The van der Waals surface area contributed by atoms with E-state index in [-0.39, 0.29) is 18.4 Å². The van der Waals surface area contributed by atoms with Gasteiger partial charge in [-0.2, -0.15) is 5.21 Å². The number of aromatic amines is 1. The van der Waals surface area contributed by atoms with Crippen molar-refractivity contribution in [1.82, 2.24) is 25.9 Å². The molecular formula is C12H16N6O. The highest BCUT2D eigenvalue weighted by Crippen LogP contribution is 2.10. The minimum atomic E-state index is -0.281. The van der Waals surface area contributed by atoms with Gasteiger partial charge in [0.2, 0.25) is 5.91 Å². The first-order valence-electron chi connectivity index (χ1n) is 6.00. The van der Waals surface area contributed by atoms with Crippen molar-refractivity contribution in [2.24, 2.45) is 5.73 Å². The Kier molecular flexibility index (Phi) is 4.19. The second-order valence-corrected chi connectivity index (χ2v) is 4.21. The van der Waals surface area contributed by atoms with Gasteiger partial charge >= 0.3 is 0 Å². The normalized spacial score (nSPS) is 12.1. The van der Waals surface area contributed by atoms with Crippen LogP contribution in [0.2, 0.25) is 0 Å². The minimum Gasteiger partial charge on any atom is -0.346 e. The lowest BCUT2D eigenvalue weighted by molar-refractivity contribution is -0.121. The van der Waals surface area contributed by atoms with Crippen LogP contribution in [0.3, 0.4) is 0 Å². The molecule has 7 heteroatoms. The maximum atomic E-state index is 11.9. The molecule has 0 saturated heterocycles. The topological polar surface area (TPSA) is 110 Å². The van der Waals surface area contributed by atoms with E-state index in [2.05, 4.69) is 25.9 Å². The fourth-order valence-electron chi connectivity index (χ4n) is 1.81. The zero-order chi connectivity index (χ0) is 13.7. The van der Waals surface area contributed by atoms with Crippen molar-refractivity contribution < 1.29 is 4.79 Å². The summed E-state index contributed by atoms with van der Waals surface area (Å²) in [6, 6.07) is 7.35. The summed E-state index contributed by atoms with van der Waals surface area (Å²) in [6.45, 7) is 2.22. The summed E-state index contributed by atoms with van der Waals surface area (Å²) in [5, 5.41) is 16.3. The molecule has 2 rings (SSSR count). The van der Waals surface area contributed by atoms with Gasteiger partial charge in [-0.15, -0.1) is 10.2 Å². The van der Waals surface area contributed by atoms with Crippen LogP contribution in [-0.4, -0.2) is 26.5 Å². The van der Waals surface area contributed by atoms with Crippen LogP contribution >= 0.6 is 0 Å². The second kappa shape index (κ2) is 6.05. The Bertz CT molecular complexity index is 539. The quantitative estimate of drug-likeness (QED) is 0.705. The van der Waals surface area contributed by atoms with E-state index in [1.807, 2.05) is 24.3 Å². The van der Waals surface area contributed by atoms with Crippen molar-refractivity contribution in [3.8, 4) is 0 Å². The molecule has 0 aliphatic heterocycles. The van der Waals surface area contributed by atoms with Crippen molar-refractivity contribution in [1.29, 1.82) is 0 Å². The zero-order valence-electron chi connectivity index (χ0n) is 10.6. The van der Waals surface area contributed by atoms with Gasteiger partial charge < -0.3 is 11.1 Å². The Morgan fingerprint density at radius 2 is 2.16 bits per heavy atom. The van der Waals surface area contributed by atoms with Crippen LogP contribution in [0.5, 0.6) is 0 Å². The molecule has 1 amide bonds. The van der Waals surface area contributed by atoms with Crippen molar-refractivity contribution in [2.45, 2.75) is 25.9 Å². The molecule has 1 aromatic heterocycles. The number of benzene rings is 1. The number of carbonyl (C=O) groups excluding carboxylic acids is 1. The number of hydrogen-bond donors (Lipinski definition) is 3. The van der Waals surface area contributed by atoms with Gasteiger partial charge in [-0.1, -0.05) is 29.5 Å². The molecule has 0 aliphatic carbocycles. The van der Waals surface area contributed by atoms with Gasteiger partial charge in [0, 0.05) is 6.54 Å². The predicted molar refractivity (Wildman–Crippen MR) is 68.8 cm³/mol. The number of nitrogens with zero attached hydrogens (tertiary/aromatic N) is 3. The lowest BCUT2D eigenvalue weighted by Gasteiger charge is -2.11. The number of H-pyrrole nitrogens is 1. The van der Waals surface area contributed by atoms with Gasteiger partial charge in [-0.25, -0.2) is 0 Å². The summed E-state index contributed by atoms with van der Waals surface area (Å²) in [4.78, 5) is 11.9. The number of nitrogens with two attached hydrogens (primary N) is 1. The standard InChI is InChI=1S/C12H16N6O/c1-8(12-15-17-18-16-12)14-11(19)6-9-4-2-3-5-10(9)7-13/h2-5,8H,6-7,13H2,1H3,(H,14,19)(H,15,16,17,18). The molecule has 1 unspecified atom stereocenters. The smallest absolute Gasteiger partial charge is 0.225 e. The Hall–Kier alpha value is -2.28. The lowest BCUT2D eigenvalue weighted by Crippen LogP contribution is -2.29. The summed E-state index contributed by atoms with van der Waals surface area (Å²) >= 11 is 0. The molecule has 4 N–H and O–H groups in total. The second-order valence-electron chi connectivity index (χ2n) is 4.21. The number of hydrogen-bond acceptors (Lipinski definition) is 5.